The molecule has 2 aliphatic heterocycles. The number of aliphatic carboxylic acids is 1. The van der Waals surface area contributed by atoms with Gasteiger partial charge in [0, 0.05) is 39.3 Å². The fourth-order valence-corrected chi connectivity index (χ4v) is 3.91. The van der Waals surface area contributed by atoms with E-state index in [-0.39, 0.29) is 23.3 Å². The molecule has 0 aliphatic carbocycles. The van der Waals surface area contributed by atoms with Crippen LogP contribution in [0.2, 0.25) is 0 Å². The number of halogens is 2. The molecule has 2 aromatic rings. The summed E-state index contributed by atoms with van der Waals surface area (Å²) in [5.41, 5.74) is 19.2. The summed E-state index contributed by atoms with van der Waals surface area (Å²) < 4.78 is 5.74. The van der Waals surface area contributed by atoms with Crippen LogP contribution in [-0.2, 0) is 9.59 Å². The van der Waals surface area contributed by atoms with Crippen LogP contribution in [0.25, 0.3) is 0 Å². The Kier molecular flexibility index (Phi) is 18.8. The number of nitrogens with zero attached hydrogens (tertiary/aromatic N) is 4. The smallest absolute Gasteiger partial charge is 0.322 e. The maximum absolute atomic E-state index is 12.2. The standard InChI is InChI=1S/C13H20N4O.C7H14N2O2.C6H8N2.C2H2.CH2Cl2/c1-16-7-8-17(2)12(9-16)13(18)15-11-6-4-3-5-10(11)14;1-8-3-4-9(2)6(5-8)7(10)11;7-5-3-1-2-4-6(5)8;1-2;2-1-3/h3-6,12H,7-9,14H2,1-2H3,(H,15,18);6H,3-5H2,1-2H3,(H,10,11);1-4H,7-8H2;1-2H;1H2/i;;;1D;. The first kappa shape index (κ1) is 36.8. The lowest BCUT2D eigenvalue weighted by atomic mass is 10.1. The number of nitrogens with one attached hydrogen (secondary N) is 1. The van der Waals surface area contributed by atoms with Gasteiger partial charge in [-0.25, -0.2) is 0 Å². The third-order valence-corrected chi connectivity index (χ3v) is 6.50. The van der Waals surface area contributed by atoms with Crippen molar-refractivity contribution in [1.82, 2.24) is 19.6 Å². The number of hydrogen-bond donors (Lipinski definition) is 5. The van der Waals surface area contributed by atoms with Crippen LogP contribution in [0.3, 0.4) is 0 Å². The number of alkyl halides is 2. The number of benzene rings is 2. The lowest BCUT2D eigenvalue weighted by molar-refractivity contribution is -0.144. The third kappa shape index (κ3) is 14.6. The number of nitrogen functional groups attached to an aromatic ring is 3. The van der Waals surface area contributed by atoms with Gasteiger partial charge in [-0.1, -0.05) is 24.3 Å². The van der Waals surface area contributed by atoms with Gasteiger partial charge in [-0.15, -0.1) is 36.0 Å². The molecule has 2 atom stereocenters. The molecule has 1 amide bonds. The molecule has 2 aliphatic rings. The number of carbonyl (C=O) groups excluding carboxylic acids is 1. The molecular formula is C29H46Cl2N8O3. The molecule has 2 unspecified atom stereocenters. The van der Waals surface area contributed by atoms with Crippen molar-refractivity contribution in [1.29, 1.82) is 0 Å². The number of likely N-dealkylation sites (N-methyl/N-ethyl adjacent to an activating group) is 4. The summed E-state index contributed by atoms with van der Waals surface area (Å²) in [6.45, 7) is 5.07. The largest absolute Gasteiger partial charge is 0.480 e. The molecule has 234 valence electrons. The molecule has 2 saturated heterocycles. The Balaban J connectivity index is 0.000000602. The van der Waals surface area contributed by atoms with Crippen molar-refractivity contribution in [2.45, 2.75) is 12.1 Å². The van der Waals surface area contributed by atoms with E-state index < -0.39 is 5.97 Å². The fraction of sp³-hybridized carbons (Fsp3) is 0.448. The van der Waals surface area contributed by atoms with Crippen molar-refractivity contribution in [2.24, 2.45) is 0 Å². The number of carbonyl (C=O) groups is 2. The van der Waals surface area contributed by atoms with E-state index in [9.17, 15) is 9.59 Å². The van der Waals surface area contributed by atoms with Crippen LogP contribution in [0, 0.1) is 12.8 Å². The van der Waals surface area contributed by atoms with Crippen LogP contribution >= 0.6 is 23.2 Å². The predicted molar refractivity (Wildman–Crippen MR) is 177 cm³/mol. The molecule has 4 rings (SSSR count). The van der Waals surface area contributed by atoms with Crippen LogP contribution in [0.5, 0.6) is 0 Å². The average Bonchev–Trinajstić information content (AvgIpc) is 2.96. The van der Waals surface area contributed by atoms with Gasteiger partial charge < -0.3 is 37.4 Å². The number of piperazine rings is 2. The Bertz CT molecular complexity index is 1120. The Morgan fingerprint density at radius 2 is 1.24 bits per heavy atom. The molecule has 0 spiro atoms. The first-order chi connectivity index (χ1) is 20.3. The highest BCUT2D eigenvalue weighted by atomic mass is 35.5. The monoisotopic (exact) mass is 625 g/mol. The summed E-state index contributed by atoms with van der Waals surface area (Å²) in [4.78, 5) is 31.0. The normalized spacial score (nSPS) is 19.2. The molecule has 13 heteroatoms. The number of amides is 1. The molecule has 0 saturated carbocycles. The van der Waals surface area contributed by atoms with E-state index in [0.717, 1.165) is 32.7 Å². The number of hydrogen-bond acceptors (Lipinski definition) is 9. The summed E-state index contributed by atoms with van der Waals surface area (Å²) in [5, 5.41) is 11.9. The van der Waals surface area contributed by atoms with Crippen molar-refractivity contribution in [3.8, 4) is 12.8 Å². The van der Waals surface area contributed by atoms with E-state index in [1.807, 2.05) is 68.3 Å². The van der Waals surface area contributed by atoms with Crippen molar-refractivity contribution in [3.63, 3.8) is 0 Å². The average molecular weight is 627 g/mol. The van der Waals surface area contributed by atoms with Crippen LogP contribution in [0.1, 0.15) is 1.37 Å². The second-order valence-electron chi connectivity index (χ2n) is 9.66. The number of carboxylic acid groups (broad SMARTS) is 1. The molecule has 2 fully saturated rings. The lowest BCUT2D eigenvalue weighted by Crippen LogP contribution is -2.55. The van der Waals surface area contributed by atoms with Gasteiger partial charge in [-0.3, -0.25) is 19.4 Å². The van der Waals surface area contributed by atoms with Gasteiger partial charge >= 0.3 is 5.97 Å². The number of carboxylic acids is 1. The predicted octanol–water partition coefficient (Wildman–Crippen LogP) is 2.29. The first-order valence-corrected chi connectivity index (χ1v) is 14.1. The minimum absolute atomic E-state index is 0.00181. The minimum atomic E-state index is -0.723. The van der Waals surface area contributed by atoms with Gasteiger partial charge in [-0.2, -0.15) is 0 Å². The second kappa shape index (κ2) is 21.5. The maximum Gasteiger partial charge on any atom is 0.322 e. The molecule has 0 radical (unpaired) electrons. The van der Waals surface area contributed by atoms with Gasteiger partial charge in [0.2, 0.25) is 5.91 Å². The second-order valence-corrected chi connectivity index (χ2v) is 10.5. The third-order valence-electron chi connectivity index (χ3n) is 6.50. The fourth-order valence-electron chi connectivity index (χ4n) is 3.91. The molecule has 11 nitrogen and oxygen atoms in total. The first-order valence-electron chi connectivity index (χ1n) is 13.6. The highest BCUT2D eigenvalue weighted by Gasteiger charge is 2.29. The minimum Gasteiger partial charge on any atom is -0.480 e. The zero-order valence-corrected chi connectivity index (χ0v) is 26.4. The summed E-state index contributed by atoms with van der Waals surface area (Å²) in [6.07, 6.45) is 5.76. The Morgan fingerprint density at radius 1 is 0.857 bits per heavy atom. The van der Waals surface area contributed by atoms with E-state index in [4.69, 9.17) is 46.9 Å². The van der Waals surface area contributed by atoms with Gasteiger partial charge in [0.1, 0.15) is 13.5 Å². The summed E-state index contributed by atoms with van der Waals surface area (Å²) in [7, 11) is 7.81. The number of nitrogens with two attached hydrogens (primary N) is 3. The number of rotatable bonds is 3. The number of anilines is 4. The topological polar surface area (TPSA) is 157 Å². The van der Waals surface area contributed by atoms with Gasteiger partial charge in [-0.05, 0) is 52.5 Å². The van der Waals surface area contributed by atoms with E-state index >= 15 is 0 Å². The van der Waals surface area contributed by atoms with E-state index in [1.54, 1.807) is 18.2 Å². The number of terminal acetylenes is 1. The quantitative estimate of drug-likeness (QED) is 0.195. The van der Waals surface area contributed by atoms with E-state index in [0.29, 0.717) is 29.3 Å². The molecule has 42 heavy (non-hydrogen) atoms. The number of para-hydroxylation sites is 4. The Labute approximate surface area is 261 Å². The Morgan fingerprint density at radius 3 is 1.62 bits per heavy atom. The van der Waals surface area contributed by atoms with Crippen LogP contribution < -0.4 is 22.5 Å². The Hall–Kier alpha value is -3.24. The van der Waals surface area contributed by atoms with Gasteiger partial charge in [0.25, 0.3) is 0 Å². The van der Waals surface area contributed by atoms with Crippen molar-refractivity contribution in [2.75, 3.05) is 95.3 Å². The maximum atomic E-state index is 12.2. The van der Waals surface area contributed by atoms with Crippen LogP contribution in [-0.4, -0.2) is 121 Å². The molecule has 2 heterocycles. The molecular weight excluding hydrogens is 579 g/mol. The van der Waals surface area contributed by atoms with Gasteiger partial charge in [0.05, 0.1) is 28.1 Å². The summed E-state index contributed by atoms with van der Waals surface area (Å²) in [6, 6.07) is 14.1. The molecule has 0 bridgehead atoms. The summed E-state index contributed by atoms with van der Waals surface area (Å²) in [5.74, 6) is -0.721. The zero-order valence-electron chi connectivity index (χ0n) is 25.8. The molecule has 2 aromatic carbocycles. The van der Waals surface area contributed by atoms with E-state index in [1.165, 1.54) is 6.40 Å². The molecule has 0 aromatic heterocycles. The highest BCUT2D eigenvalue weighted by Crippen LogP contribution is 2.18. The van der Waals surface area contributed by atoms with E-state index in [2.05, 4.69) is 21.5 Å². The molecule has 8 N–H and O–H groups in total. The highest BCUT2D eigenvalue weighted by molar-refractivity contribution is 6.40. The van der Waals surface area contributed by atoms with Gasteiger partial charge in [0.15, 0.2) is 0 Å². The lowest BCUT2D eigenvalue weighted by Gasteiger charge is -2.36. The van der Waals surface area contributed by atoms with Crippen molar-refractivity contribution in [3.05, 3.63) is 48.5 Å². The SMILES string of the molecule is CN1CCN(C)C(C(=O)Nc2ccccc2N)C1.CN1CCN(C)C(C(=O)O)C1.ClCCl.Nc1ccccc1N.[2H]C#C. The van der Waals surface area contributed by atoms with Crippen molar-refractivity contribution < 1.29 is 16.1 Å². The van der Waals surface area contributed by atoms with Crippen LogP contribution in [0.15, 0.2) is 48.5 Å². The summed E-state index contributed by atoms with van der Waals surface area (Å²) >= 11 is 9.53. The van der Waals surface area contributed by atoms with Crippen LogP contribution in [0.4, 0.5) is 22.7 Å². The van der Waals surface area contributed by atoms with Crippen molar-refractivity contribution >= 4 is 57.8 Å². The zero-order chi connectivity index (χ0) is 32.9.